The van der Waals surface area contributed by atoms with Crippen molar-refractivity contribution in [2.75, 3.05) is 6.54 Å². The molecule has 0 saturated carbocycles. The zero-order chi connectivity index (χ0) is 19.4. The van der Waals surface area contributed by atoms with Crippen LogP contribution in [0.15, 0.2) is 47.3 Å². The number of nitrogens with zero attached hydrogens (tertiary/aromatic N) is 1. The van der Waals surface area contributed by atoms with Gasteiger partial charge in [0.15, 0.2) is 0 Å². The molecule has 142 valence electrons. The number of rotatable bonds is 5. The summed E-state index contributed by atoms with van der Waals surface area (Å²) in [4.78, 5) is 41.7. The van der Waals surface area contributed by atoms with E-state index < -0.39 is 6.04 Å². The second kappa shape index (κ2) is 8.20. The Labute approximate surface area is 158 Å². The van der Waals surface area contributed by atoms with Gasteiger partial charge in [-0.2, -0.15) is 0 Å². The molecule has 0 radical (unpaired) electrons. The number of carbonyl (C=O) groups is 2. The molecule has 0 spiro atoms. The molecule has 2 aromatic rings. The molecule has 1 fully saturated rings. The number of benzene rings is 1. The van der Waals surface area contributed by atoms with Gasteiger partial charge >= 0.3 is 0 Å². The maximum Gasteiger partial charge on any atom is 0.252 e. The number of aromatic nitrogens is 1. The Hall–Kier alpha value is -2.89. The molecule has 27 heavy (non-hydrogen) atoms. The lowest BCUT2D eigenvalue weighted by atomic mass is 10.0. The molecule has 6 heteroatoms. The molecule has 1 aromatic heterocycles. The zero-order valence-electron chi connectivity index (χ0n) is 15.7. The third-order valence-electron chi connectivity index (χ3n) is 4.80. The average Bonchev–Trinajstić information content (AvgIpc) is 2.65. The van der Waals surface area contributed by atoms with Crippen LogP contribution >= 0.6 is 0 Å². The van der Waals surface area contributed by atoms with E-state index in [9.17, 15) is 14.4 Å². The van der Waals surface area contributed by atoms with E-state index in [1.54, 1.807) is 11.0 Å². The van der Waals surface area contributed by atoms with Crippen molar-refractivity contribution in [2.24, 2.45) is 0 Å². The first-order valence-corrected chi connectivity index (χ1v) is 9.32. The second-order valence-corrected chi connectivity index (χ2v) is 7.26. The van der Waals surface area contributed by atoms with Gasteiger partial charge in [-0.1, -0.05) is 44.2 Å². The number of hydrogen-bond acceptors (Lipinski definition) is 3. The van der Waals surface area contributed by atoms with Crippen LogP contribution in [0.25, 0.3) is 0 Å². The van der Waals surface area contributed by atoms with Crippen molar-refractivity contribution >= 4 is 11.8 Å². The van der Waals surface area contributed by atoms with Crippen LogP contribution in [0.2, 0.25) is 0 Å². The minimum atomic E-state index is -0.559. The summed E-state index contributed by atoms with van der Waals surface area (Å²) in [6.45, 7) is 5.11. The fraction of sp³-hybridized carbons (Fsp3) is 0.381. The van der Waals surface area contributed by atoms with Crippen molar-refractivity contribution < 1.29 is 9.59 Å². The van der Waals surface area contributed by atoms with Crippen molar-refractivity contribution in [3.63, 3.8) is 0 Å². The van der Waals surface area contributed by atoms with E-state index in [1.807, 2.05) is 44.2 Å². The summed E-state index contributed by atoms with van der Waals surface area (Å²) < 4.78 is 0. The number of nitrogens with one attached hydrogen (secondary N) is 2. The van der Waals surface area contributed by atoms with Gasteiger partial charge in [-0.3, -0.25) is 14.4 Å². The van der Waals surface area contributed by atoms with Crippen LogP contribution in [0.3, 0.4) is 0 Å². The topological polar surface area (TPSA) is 82.3 Å². The maximum absolute atomic E-state index is 12.8. The van der Waals surface area contributed by atoms with E-state index in [2.05, 4.69) is 10.3 Å². The monoisotopic (exact) mass is 367 g/mol. The number of likely N-dealkylation sites (tertiary alicyclic amines) is 1. The van der Waals surface area contributed by atoms with E-state index in [4.69, 9.17) is 0 Å². The average molecular weight is 367 g/mol. The van der Waals surface area contributed by atoms with Crippen LogP contribution in [0.4, 0.5) is 0 Å². The van der Waals surface area contributed by atoms with E-state index in [0.717, 1.165) is 12.0 Å². The summed E-state index contributed by atoms with van der Waals surface area (Å²) in [7, 11) is 0. The van der Waals surface area contributed by atoms with E-state index in [-0.39, 0.29) is 28.9 Å². The highest BCUT2D eigenvalue weighted by atomic mass is 16.2. The Morgan fingerprint density at radius 3 is 2.67 bits per heavy atom. The lowest BCUT2D eigenvalue weighted by molar-refractivity contribution is -0.136. The molecule has 0 unspecified atom stereocenters. The fourth-order valence-corrected chi connectivity index (χ4v) is 3.28. The molecule has 3 rings (SSSR count). The standard InChI is InChI=1S/C21H25N3O3/c1-14(2)18-11-16(12-19(25)22-18)20(26)23-17-9-6-10-24(21(17)27)13-15-7-4-3-5-8-15/h3-5,7-8,11-12,14,17H,6,9-10,13H2,1-2H3,(H,22,25)(H,23,26)/t17-/m0/s1. The number of aromatic amines is 1. The van der Waals surface area contributed by atoms with Gasteiger partial charge in [-0.15, -0.1) is 0 Å². The number of H-pyrrole nitrogens is 1. The minimum Gasteiger partial charge on any atom is -0.340 e. The van der Waals surface area contributed by atoms with Gasteiger partial charge < -0.3 is 15.2 Å². The first-order valence-electron chi connectivity index (χ1n) is 9.32. The van der Waals surface area contributed by atoms with E-state index >= 15 is 0 Å². The van der Waals surface area contributed by atoms with Gasteiger partial charge in [0, 0.05) is 30.4 Å². The highest BCUT2D eigenvalue weighted by molar-refractivity contribution is 5.97. The molecule has 1 saturated heterocycles. The second-order valence-electron chi connectivity index (χ2n) is 7.26. The van der Waals surface area contributed by atoms with Crippen molar-refractivity contribution in [3.05, 3.63) is 69.6 Å². The smallest absolute Gasteiger partial charge is 0.252 e. The predicted molar refractivity (Wildman–Crippen MR) is 103 cm³/mol. The van der Waals surface area contributed by atoms with Gasteiger partial charge in [0.25, 0.3) is 5.91 Å². The summed E-state index contributed by atoms with van der Waals surface area (Å²) in [5.41, 5.74) is 1.74. The third-order valence-corrected chi connectivity index (χ3v) is 4.80. The van der Waals surface area contributed by atoms with Crippen LogP contribution < -0.4 is 10.9 Å². The van der Waals surface area contributed by atoms with Crippen LogP contribution in [0.1, 0.15) is 54.2 Å². The van der Waals surface area contributed by atoms with Crippen molar-refractivity contribution in [2.45, 2.75) is 45.2 Å². The summed E-state index contributed by atoms with van der Waals surface area (Å²) in [6.07, 6.45) is 1.44. The fourth-order valence-electron chi connectivity index (χ4n) is 3.28. The summed E-state index contributed by atoms with van der Waals surface area (Å²) in [5.74, 6) is -0.363. The molecule has 1 aliphatic heterocycles. The largest absolute Gasteiger partial charge is 0.340 e. The molecule has 1 atom stereocenters. The predicted octanol–water partition coefficient (Wildman–Crippen LogP) is 2.42. The molecule has 0 aliphatic carbocycles. The zero-order valence-corrected chi connectivity index (χ0v) is 15.7. The Morgan fingerprint density at radius 2 is 1.96 bits per heavy atom. The van der Waals surface area contributed by atoms with Crippen molar-refractivity contribution in [3.8, 4) is 0 Å². The Bertz CT molecular complexity index is 874. The Balaban J connectivity index is 1.70. The van der Waals surface area contributed by atoms with Gasteiger partial charge in [0.1, 0.15) is 6.04 Å². The Kier molecular flexibility index (Phi) is 5.74. The molecule has 2 heterocycles. The van der Waals surface area contributed by atoms with Crippen molar-refractivity contribution in [1.29, 1.82) is 0 Å². The Morgan fingerprint density at radius 1 is 1.22 bits per heavy atom. The number of pyridine rings is 1. The summed E-state index contributed by atoms with van der Waals surface area (Å²) in [6, 6.07) is 12.2. The number of piperidine rings is 1. The molecular formula is C21H25N3O3. The molecule has 2 amide bonds. The molecule has 6 nitrogen and oxygen atoms in total. The summed E-state index contributed by atoms with van der Waals surface area (Å²) in [5, 5.41) is 2.81. The molecule has 2 N–H and O–H groups in total. The summed E-state index contributed by atoms with van der Waals surface area (Å²) >= 11 is 0. The molecular weight excluding hydrogens is 342 g/mol. The van der Waals surface area contributed by atoms with Crippen molar-refractivity contribution in [1.82, 2.24) is 15.2 Å². The highest BCUT2D eigenvalue weighted by Gasteiger charge is 2.30. The highest BCUT2D eigenvalue weighted by Crippen LogP contribution is 2.16. The number of carbonyl (C=O) groups excluding carboxylic acids is 2. The lowest BCUT2D eigenvalue weighted by Crippen LogP contribution is -2.52. The van der Waals surface area contributed by atoms with Crippen LogP contribution in [0.5, 0.6) is 0 Å². The third kappa shape index (κ3) is 4.64. The van der Waals surface area contributed by atoms with Gasteiger partial charge in [-0.05, 0) is 30.4 Å². The van der Waals surface area contributed by atoms with Gasteiger partial charge in [0.05, 0.1) is 0 Å². The minimum absolute atomic E-state index is 0.0765. The SMILES string of the molecule is CC(C)c1cc(C(=O)N[C@H]2CCCN(Cc3ccccc3)C2=O)cc(=O)[nH]1. The number of amides is 2. The quantitative estimate of drug-likeness (QED) is 0.851. The first-order chi connectivity index (χ1) is 12.9. The van der Waals surface area contributed by atoms with Gasteiger partial charge in [0.2, 0.25) is 11.5 Å². The van der Waals surface area contributed by atoms with E-state index in [1.165, 1.54) is 6.07 Å². The van der Waals surface area contributed by atoms with Crippen LogP contribution in [-0.4, -0.2) is 34.3 Å². The van der Waals surface area contributed by atoms with Crippen LogP contribution in [0, 0.1) is 0 Å². The first kappa shape index (κ1) is 18.9. The van der Waals surface area contributed by atoms with E-state index in [0.29, 0.717) is 25.2 Å². The molecule has 0 bridgehead atoms. The normalized spacial score (nSPS) is 17.2. The lowest BCUT2D eigenvalue weighted by Gasteiger charge is -2.32. The molecule has 1 aliphatic rings. The number of hydrogen-bond donors (Lipinski definition) is 2. The maximum atomic E-state index is 12.8. The van der Waals surface area contributed by atoms with Crippen LogP contribution in [-0.2, 0) is 11.3 Å². The molecule has 1 aromatic carbocycles. The van der Waals surface area contributed by atoms with Gasteiger partial charge in [-0.25, -0.2) is 0 Å².